The molecule has 4 rings (SSSR count). The Morgan fingerprint density at radius 3 is 2.45 bits per heavy atom. The van der Waals surface area contributed by atoms with Gasteiger partial charge in [0.25, 0.3) is 5.91 Å². The number of hydrogen-bond acceptors (Lipinski definition) is 5. The van der Waals surface area contributed by atoms with Crippen LogP contribution in [0.3, 0.4) is 0 Å². The molecule has 0 spiro atoms. The van der Waals surface area contributed by atoms with E-state index in [1.165, 1.54) is 12.1 Å². The van der Waals surface area contributed by atoms with Crippen molar-refractivity contribution in [2.75, 3.05) is 17.7 Å². The minimum Gasteiger partial charge on any atom is -0.497 e. The van der Waals surface area contributed by atoms with Crippen LogP contribution in [-0.4, -0.2) is 23.2 Å². The highest BCUT2D eigenvalue weighted by Gasteiger charge is 2.09. The normalized spacial score (nSPS) is 10.4. The number of anilines is 3. The minimum atomic E-state index is -0.328. The molecule has 1 heterocycles. The van der Waals surface area contributed by atoms with Gasteiger partial charge >= 0.3 is 0 Å². The molecule has 0 saturated carbocycles. The summed E-state index contributed by atoms with van der Waals surface area (Å²) in [6, 6.07) is 23.9. The third kappa shape index (κ3) is 5.02. The number of ether oxygens (including phenoxy) is 1. The lowest BCUT2D eigenvalue weighted by molar-refractivity contribution is 0.102. The average molecular weight is 414 g/mol. The fourth-order valence-corrected chi connectivity index (χ4v) is 2.99. The Balaban J connectivity index is 1.46. The number of hydrogen-bond donors (Lipinski definition) is 2. The largest absolute Gasteiger partial charge is 0.497 e. The monoisotopic (exact) mass is 414 g/mol. The van der Waals surface area contributed by atoms with Crippen LogP contribution >= 0.6 is 0 Å². The van der Waals surface area contributed by atoms with Crippen molar-refractivity contribution >= 4 is 23.1 Å². The zero-order valence-corrected chi connectivity index (χ0v) is 16.7. The van der Waals surface area contributed by atoms with E-state index in [9.17, 15) is 9.18 Å². The molecule has 7 heteroatoms. The molecule has 1 aromatic heterocycles. The van der Waals surface area contributed by atoms with Crippen molar-refractivity contribution in [3.05, 3.63) is 96.3 Å². The molecule has 2 N–H and O–H groups in total. The van der Waals surface area contributed by atoms with Crippen molar-refractivity contribution in [2.45, 2.75) is 0 Å². The zero-order chi connectivity index (χ0) is 21.6. The Bertz CT molecular complexity index is 1210. The first-order valence-electron chi connectivity index (χ1n) is 9.53. The predicted octanol–water partition coefficient (Wildman–Crippen LogP) is 5.29. The molecule has 0 aliphatic carbocycles. The van der Waals surface area contributed by atoms with Gasteiger partial charge in [0.2, 0.25) is 0 Å². The average Bonchev–Trinajstić information content (AvgIpc) is 2.80. The minimum absolute atomic E-state index is 0.246. The van der Waals surface area contributed by atoms with Crippen molar-refractivity contribution in [1.29, 1.82) is 0 Å². The van der Waals surface area contributed by atoms with E-state index < -0.39 is 0 Å². The van der Waals surface area contributed by atoms with Crippen molar-refractivity contribution in [3.8, 4) is 17.0 Å². The lowest BCUT2D eigenvalue weighted by atomic mass is 10.1. The predicted molar refractivity (Wildman–Crippen MR) is 118 cm³/mol. The van der Waals surface area contributed by atoms with E-state index >= 15 is 0 Å². The van der Waals surface area contributed by atoms with Gasteiger partial charge in [0.1, 0.15) is 11.6 Å². The van der Waals surface area contributed by atoms with Gasteiger partial charge in [-0.05, 0) is 54.6 Å². The van der Waals surface area contributed by atoms with Crippen molar-refractivity contribution in [1.82, 2.24) is 10.2 Å². The van der Waals surface area contributed by atoms with Crippen LogP contribution in [0.5, 0.6) is 5.75 Å². The van der Waals surface area contributed by atoms with Crippen LogP contribution < -0.4 is 15.4 Å². The number of aromatic nitrogens is 2. The molecule has 0 radical (unpaired) electrons. The summed E-state index contributed by atoms with van der Waals surface area (Å²) in [5, 5.41) is 14.3. The Labute approximate surface area is 178 Å². The van der Waals surface area contributed by atoms with Crippen LogP contribution in [0, 0.1) is 5.82 Å². The number of rotatable bonds is 6. The number of nitrogens with one attached hydrogen (secondary N) is 2. The third-order valence-electron chi connectivity index (χ3n) is 4.51. The molecular weight excluding hydrogens is 395 g/mol. The quantitative estimate of drug-likeness (QED) is 0.449. The van der Waals surface area contributed by atoms with Crippen molar-refractivity contribution in [2.24, 2.45) is 0 Å². The molecule has 0 aliphatic rings. The van der Waals surface area contributed by atoms with Gasteiger partial charge in [-0.15, -0.1) is 10.2 Å². The van der Waals surface area contributed by atoms with E-state index in [0.29, 0.717) is 39.8 Å². The summed E-state index contributed by atoms with van der Waals surface area (Å²) >= 11 is 0. The first kappa shape index (κ1) is 20.0. The lowest BCUT2D eigenvalue weighted by Gasteiger charge is -2.09. The summed E-state index contributed by atoms with van der Waals surface area (Å²) in [5.41, 5.74) is 3.02. The molecule has 6 nitrogen and oxygen atoms in total. The number of benzene rings is 3. The van der Waals surface area contributed by atoms with Crippen molar-refractivity contribution in [3.63, 3.8) is 0 Å². The fourth-order valence-electron chi connectivity index (χ4n) is 2.99. The van der Waals surface area contributed by atoms with Gasteiger partial charge in [-0.2, -0.15) is 0 Å². The van der Waals surface area contributed by atoms with E-state index in [1.54, 1.807) is 73.8 Å². The number of amides is 1. The molecular formula is C24H19FN4O2. The van der Waals surface area contributed by atoms with E-state index in [2.05, 4.69) is 20.8 Å². The van der Waals surface area contributed by atoms with Gasteiger partial charge in [0.15, 0.2) is 5.82 Å². The first-order valence-corrected chi connectivity index (χ1v) is 9.53. The van der Waals surface area contributed by atoms with Crippen LogP contribution in [0.2, 0.25) is 0 Å². The Morgan fingerprint density at radius 2 is 1.68 bits per heavy atom. The summed E-state index contributed by atoms with van der Waals surface area (Å²) in [6.45, 7) is 0. The summed E-state index contributed by atoms with van der Waals surface area (Å²) in [7, 11) is 1.57. The van der Waals surface area contributed by atoms with Crippen LogP contribution in [0.1, 0.15) is 10.4 Å². The van der Waals surface area contributed by atoms with Crippen LogP contribution in [0.25, 0.3) is 11.3 Å². The van der Waals surface area contributed by atoms with E-state index in [4.69, 9.17) is 4.74 Å². The zero-order valence-electron chi connectivity index (χ0n) is 16.7. The summed E-state index contributed by atoms with van der Waals surface area (Å²) in [5.74, 6) is 0.592. The fraction of sp³-hybridized carbons (Fsp3) is 0.0417. The number of methoxy groups -OCH3 is 1. The van der Waals surface area contributed by atoms with Gasteiger partial charge in [0.05, 0.1) is 12.8 Å². The Kier molecular flexibility index (Phi) is 5.84. The second kappa shape index (κ2) is 9.04. The standard InChI is InChI=1S/C24H19FN4O2/c1-31-21-10-4-9-20(15-21)27-24(30)17-6-3-8-19(14-17)26-23-12-11-22(28-29-23)16-5-2-7-18(25)13-16/h2-15H,1H3,(H,26,29)(H,27,30). The number of nitrogens with zero attached hydrogens (tertiary/aromatic N) is 2. The second-order valence-corrected chi connectivity index (χ2v) is 6.71. The molecule has 154 valence electrons. The molecule has 0 unspecified atom stereocenters. The van der Waals surface area contributed by atoms with Crippen LogP contribution in [-0.2, 0) is 0 Å². The van der Waals surface area contributed by atoms with Gasteiger partial charge in [-0.3, -0.25) is 4.79 Å². The topological polar surface area (TPSA) is 76.1 Å². The van der Waals surface area contributed by atoms with Gasteiger partial charge in [0, 0.05) is 28.6 Å². The van der Waals surface area contributed by atoms with Crippen LogP contribution in [0.4, 0.5) is 21.6 Å². The number of halogens is 1. The van der Waals surface area contributed by atoms with E-state index in [-0.39, 0.29) is 11.7 Å². The molecule has 0 saturated heterocycles. The van der Waals surface area contributed by atoms with Gasteiger partial charge in [-0.25, -0.2) is 4.39 Å². The molecule has 3 aromatic carbocycles. The summed E-state index contributed by atoms with van der Waals surface area (Å²) in [4.78, 5) is 12.6. The van der Waals surface area contributed by atoms with E-state index in [0.717, 1.165) is 0 Å². The first-order chi connectivity index (χ1) is 15.1. The molecule has 0 atom stereocenters. The SMILES string of the molecule is COc1cccc(NC(=O)c2cccc(Nc3ccc(-c4cccc(F)c4)nn3)c2)c1. The number of carbonyl (C=O) groups excluding carboxylic acids is 1. The summed E-state index contributed by atoms with van der Waals surface area (Å²) in [6.07, 6.45) is 0. The molecule has 1 amide bonds. The third-order valence-corrected chi connectivity index (χ3v) is 4.51. The number of carbonyl (C=O) groups is 1. The molecule has 0 aliphatic heterocycles. The second-order valence-electron chi connectivity index (χ2n) is 6.71. The maximum absolute atomic E-state index is 13.4. The highest BCUT2D eigenvalue weighted by atomic mass is 19.1. The maximum Gasteiger partial charge on any atom is 0.255 e. The highest BCUT2D eigenvalue weighted by molar-refractivity contribution is 6.05. The Morgan fingerprint density at radius 1 is 0.871 bits per heavy atom. The molecule has 4 aromatic rings. The van der Waals surface area contributed by atoms with Gasteiger partial charge in [-0.1, -0.05) is 24.3 Å². The highest BCUT2D eigenvalue weighted by Crippen LogP contribution is 2.21. The smallest absolute Gasteiger partial charge is 0.255 e. The molecule has 31 heavy (non-hydrogen) atoms. The lowest BCUT2D eigenvalue weighted by Crippen LogP contribution is -2.12. The van der Waals surface area contributed by atoms with E-state index in [1.807, 2.05) is 6.07 Å². The Hall–Kier alpha value is -4.26. The molecule has 0 fully saturated rings. The summed E-state index contributed by atoms with van der Waals surface area (Å²) < 4.78 is 18.6. The van der Waals surface area contributed by atoms with Crippen LogP contribution in [0.15, 0.2) is 84.9 Å². The van der Waals surface area contributed by atoms with Crippen molar-refractivity contribution < 1.29 is 13.9 Å². The van der Waals surface area contributed by atoms with Gasteiger partial charge < -0.3 is 15.4 Å². The maximum atomic E-state index is 13.4. The molecule has 0 bridgehead atoms.